The van der Waals surface area contributed by atoms with Crippen LogP contribution in [0, 0.1) is 0 Å². The summed E-state index contributed by atoms with van der Waals surface area (Å²) in [6.07, 6.45) is 3.48. The molecule has 1 aromatic carbocycles. The van der Waals surface area contributed by atoms with Gasteiger partial charge in [0.2, 0.25) is 0 Å². The molecule has 1 fully saturated rings. The van der Waals surface area contributed by atoms with Gasteiger partial charge in [0.25, 0.3) is 0 Å². The number of nitrogens with one attached hydrogen (secondary N) is 1. The molecule has 1 unspecified atom stereocenters. The van der Waals surface area contributed by atoms with Crippen LogP contribution in [0.5, 0.6) is 0 Å². The van der Waals surface area contributed by atoms with E-state index in [1.807, 2.05) is 36.5 Å². The zero-order valence-electron chi connectivity index (χ0n) is 11.9. The second-order valence-electron chi connectivity index (χ2n) is 5.30. The number of hydrogen-bond acceptors (Lipinski definition) is 4. The van der Waals surface area contributed by atoms with Gasteiger partial charge in [0, 0.05) is 24.3 Å². The molecular formula is C16H15ClN4O. The van der Waals surface area contributed by atoms with Gasteiger partial charge in [0.15, 0.2) is 0 Å². The van der Waals surface area contributed by atoms with Crippen molar-refractivity contribution in [3.63, 3.8) is 0 Å². The van der Waals surface area contributed by atoms with Gasteiger partial charge in [-0.05, 0) is 23.8 Å². The predicted octanol–water partition coefficient (Wildman–Crippen LogP) is 3.19. The van der Waals surface area contributed by atoms with Crippen molar-refractivity contribution in [1.82, 2.24) is 15.0 Å². The first-order chi connectivity index (χ1) is 10.8. The first-order valence-electron chi connectivity index (χ1n) is 7.21. The lowest BCUT2D eigenvalue weighted by molar-refractivity contribution is 0.0396. The van der Waals surface area contributed by atoms with E-state index in [2.05, 4.69) is 19.9 Å². The van der Waals surface area contributed by atoms with Crippen molar-refractivity contribution in [2.75, 3.05) is 24.6 Å². The van der Waals surface area contributed by atoms with E-state index in [4.69, 9.17) is 16.3 Å². The summed E-state index contributed by atoms with van der Waals surface area (Å²) in [5.74, 6) is 0.946. The molecule has 0 aliphatic carbocycles. The smallest absolute Gasteiger partial charge is 0.142 e. The standard InChI is InChI=1S/C16H15ClN4O/c17-12-3-1-2-11(8-12)14-9-21(6-7-22-14)16-13-4-5-18-15(13)19-10-20-16/h1-5,8,10,14H,6-7,9H2,(H,18,19,20). The number of benzene rings is 1. The molecule has 22 heavy (non-hydrogen) atoms. The minimum Gasteiger partial charge on any atom is -0.370 e. The van der Waals surface area contributed by atoms with Crippen LogP contribution >= 0.6 is 11.6 Å². The lowest BCUT2D eigenvalue weighted by Gasteiger charge is -2.34. The van der Waals surface area contributed by atoms with Crippen molar-refractivity contribution in [3.8, 4) is 0 Å². The fourth-order valence-corrected chi connectivity index (χ4v) is 3.06. The van der Waals surface area contributed by atoms with E-state index in [0.29, 0.717) is 6.61 Å². The number of fused-ring (bicyclic) bond motifs is 1. The van der Waals surface area contributed by atoms with Gasteiger partial charge in [-0.25, -0.2) is 9.97 Å². The number of anilines is 1. The van der Waals surface area contributed by atoms with E-state index in [1.54, 1.807) is 6.33 Å². The van der Waals surface area contributed by atoms with Gasteiger partial charge in [-0.2, -0.15) is 0 Å². The van der Waals surface area contributed by atoms with E-state index < -0.39 is 0 Å². The van der Waals surface area contributed by atoms with Crippen LogP contribution in [-0.4, -0.2) is 34.6 Å². The van der Waals surface area contributed by atoms with Crippen LogP contribution in [-0.2, 0) is 4.74 Å². The van der Waals surface area contributed by atoms with E-state index in [0.717, 1.165) is 40.5 Å². The third-order valence-corrected chi connectivity index (χ3v) is 4.15. The molecule has 1 saturated heterocycles. The monoisotopic (exact) mass is 314 g/mol. The topological polar surface area (TPSA) is 54.0 Å². The maximum absolute atomic E-state index is 6.09. The summed E-state index contributed by atoms with van der Waals surface area (Å²) < 4.78 is 5.91. The van der Waals surface area contributed by atoms with Crippen molar-refractivity contribution < 1.29 is 4.74 Å². The SMILES string of the molecule is Clc1cccc(C2CN(c3ncnc4[nH]ccc34)CCO2)c1. The number of nitrogens with zero attached hydrogens (tertiary/aromatic N) is 3. The van der Waals surface area contributed by atoms with Gasteiger partial charge in [-0.3, -0.25) is 0 Å². The average Bonchev–Trinajstić information content (AvgIpc) is 3.03. The van der Waals surface area contributed by atoms with Gasteiger partial charge < -0.3 is 14.6 Å². The molecule has 0 spiro atoms. The molecule has 0 saturated carbocycles. The van der Waals surface area contributed by atoms with E-state index in [9.17, 15) is 0 Å². The minimum absolute atomic E-state index is 0.00333. The zero-order valence-corrected chi connectivity index (χ0v) is 12.6. The molecule has 1 aliphatic rings. The number of halogens is 1. The lowest BCUT2D eigenvalue weighted by atomic mass is 10.1. The number of aromatic amines is 1. The molecule has 112 valence electrons. The summed E-state index contributed by atoms with van der Waals surface area (Å²) in [4.78, 5) is 14.1. The van der Waals surface area contributed by atoms with E-state index in [1.165, 1.54) is 0 Å². The summed E-state index contributed by atoms with van der Waals surface area (Å²) in [6.45, 7) is 2.22. The molecular weight excluding hydrogens is 300 g/mol. The molecule has 0 radical (unpaired) electrons. The number of ether oxygens (including phenoxy) is 1. The van der Waals surface area contributed by atoms with Gasteiger partial charge in [0.1, 0.15) is 23.9 Å². The number of aromatic nitrogens is 3. The summed E-state index contributed by atoms with van der Waals surface area (Å²) in [5, 5.41) is 1.77. The normalized spacial score (nSPS) is 18.8. The Labute approximate surface area is 132 Å². The van der Waals surface area contributed by atoms with Crippen LogP contribution in [0.25, 0.3) is 11.0 Å². The van der Waals surface area contributed by atoms with Crippen LogP contribution in [0.15, 0.2) is 42.9 Å². The van der Waals surface area contributed by atoms with Gasteiger partial charge in [-0.15, -0.1) is 0 Å². The van der Waals surface area contributed by atoms with Crippen LogP contribution in [0.1, 0.15) is 11.7 Å². The molecule has 2 aromatic heterocycles. The maximum atomic E-state index is 6.09. The number of morpholine rings is 1. The highest BCUT2D eigenvalue weighted by molar-refractivity contribution is 6.30. The number of hydrogen-bond donors (Lipinski definition) is 1. The van der Waals surface area contributed by atoms with Crippen molar-refractivity contribution in [2.45, 2.75) is 6.10 Å². The van der Waals surface area contributed by atoms with Crippen LogP contribution in [0.2, 0.25) is 5.02 Å². The Balaban J connectivity index is 1.65. The Bertz CT molecular complexity index is 803. The van der Waals surface area contributed by atoms with Crippen molar-refractivity contribution in [1.29, 1.82) is 0 Å². The number of H-pyrrole nitrogens is 1. The van der Waals surface area contributed by atoms with Crippen molar-refractivity contribution >= 4 is 28.5 Å². The molecule has 1 aliphatic heterocycles. The summed E-state index contributed by atoms with van der Waals surface area (Å²) in [6, 6.07) is 9.84. The molecule has 1 N–H and O–H groups in total. The molecule has 6 heteroatoms. The Hall–Kier alpha value is -2.11. The second kappa shape index (κ2) is 5.59. The number of rotatable bonds is 2. The van der Waals surface area contributed by atoms with Crippen molar-refractivity contribution in [3.05, 3.63) is 53.4 Å². The van der Waals surface area contributed by atoms with Gasteiger partial charge >= 0.3 is 0 Å². The molecule has 0 bridgehead atoms. The minimum atomic E-state index is -0.00333. The first-order valence-corrected chi connectivity index (χ1v) is 7.59. The third kappa shape index (κ3) is 2.42. The highest BCUT2D eigenvalue weighted by Gasteiger charge is 2.24. The molecule has 4 rings (SSSR count). The summed E-state index contributed by atoms with van der Waals surface area (Å²) >= 11 is 6.09. The Morgan fingerprint density at radius 2 is 2.23 bits per heavy atom. The van der Waals surface area contributed by atoms with Crippen LogP contribution in [0.4, 0.5) is 5.82 Å². The Morgan fingerprint density at radius 3 is 3.14 bits per heavy atom. The molecule has 1 atom stereocenters. The van der Waals surface area contributed by atoms with Crippen molar-refractivity contribution in [2.24, 2.45) is 0 Å². The van der Waals surface area contributed by atoms with Gasteiger partial charge in [-0.1, -0.05) is 23.7 Å². The quantitative estimate of drug-likeness (QED) is 0.789. The summed E-state index contributed by atoms with van der Waals surface area (Å²) in [5.41, 5.74) is 1.95. The highest BCUT2D eigenvalue weighted by atomic mass is 35.5. The summed E-state index contributed by atoms with van der Waals surface area (Å²) in [7, 11) is 0. The van der Waals surface area contributed by atoms with Gasteiger partial charge in [0.05, 0.1) is 12.0 Å². The molecule has 0 amide bonds. The second-order valence-corrected chi connectivity index (χ2v) is 5.73. The zero-order chi connectivity index (χ0) is 14.9. The highest BCUT2D eigenvalue weighted by Crippen LogP contribution is 2.29. The first kappa shape index (κ1) is 13.5. The average molecular weight is 315 g/mol. The van der Waals surface area contributed by atoms with E-state index in [-0.39, 0.29) is 6.10 Å². The third-order valence-electron chi connectivity index (χ3n) is 3.92. The fraction of sp³-hybridized carbons (Fsp3) is 0.250. The van der Waals surface area contributed by atoms with Crippen LogP contribution in [0.3, 0.4) is 0 Å². The lowest BCUT2D eigenvalue weighted by Crippen LogP contribution is -2.39. The molecule has 3 heterocycles. The predicted molar refractivity (Wildman–Crippen MR) is 86.2 cm³/mol. The van der Waals surface area contributed by atoms with Crippen LogP contribution < -0.4 is 4.90 Å². The maximum Gasteiger partial charge on any atom is 0.142 e. The van der Waals surface area contributed by atoms with E-state index >= 15 is 0 Å². The Morgan fingerprint density at radius 1 is 1.27 bits per heavy atom. The molecule has 3 aromatic rings. The largest absolute Gasteiger partial charge is 0.370 e. The molecule has 5 nitrogen and oxygen atoms in total. The Kier molecular flexibility index (Phi) is 3.44. The fourth-order valence-electron chi connectivity index (χ4n) is 2.86.